The maximum Gasteiger partial charge on any atom is 0.302 e. The van der Waals surface area contributed by atoms with E-state index >= 15 is 0 Å². The summed E-state index contributed by atoms with van der Waals surface area (Å²) in [6, 6.07) is 0. The second kappa shape index (κ2) is 9.00. The van der Waals surface area contributed by atoms with Crippen LogP contribution in [0.3, 0.4) is 0 Å². The molecule has 0 bridgehead atoms. The quantitative estimate of drug-likeness (QED) is 0.267. The van der Waals surface area contributed by atoms with Gasteiger partial charge in [0.25, 0.3) is 0 Å². The molecule has 0 aliphatic heterocycles. The van der Waals surface area contributed by atoms with Crippen LogP contribution in [0.5, 0.6) is 0 Å². The van der Waals surface area contributed by atoms with Crippen molar-refractivity contribution in [1.82, 2.24) is 0 Å². The van der Waals surface area contributed by atoms with Crippen LogP contribution in [0.1, 0.15) is 114 Å². The van der Waals surface area contributed by atoms with Crippen molar-refractivity contribution in [3.05, 3.63) is 35.6 Å². The van der Waals surface area contributed by atoms with Crippen LogP contribution in [-0.2, 0) is 14.3 Å². The van der Waals surface area contributed by atoms with Gasteiger partial charge in [-0.3, -0.25) is 4.79 Å². The fraction of sp³-hybridized carbons (Fsp3) is 0.800. The molecule has 0 radical (unpaired) electrons. The lowest BCUT2D eigenvalue weighted by molar-refractivity contribution is -0.230. The highest BCUT2D eigenvalue weighted by molar-refractivity contribution is 5.66. The molecule has 5 rings (SSSR count). The number of fused-ring (bicyclic) bond motifs is 7. The maximum absolute atomic E-state index is 11.9. The van der Waals surface area contributed by atoms with E-state index in [9.17, 15) is 4.79 Å². The molecular formula is C35H54O3. The zero-order valence-corrected chi connectivity index (χ0v) is 25.8. The molecule has 0 spiro atoms. The second-order valence-electron chi connectivity index (χ2n) is 15.6. The Kier molecular flexibility index (Phi) is 6.64. The molecule has 0 aromatic carbocycles. The Balaban J connectivity index is 1.52. The second-order valence-corrected chi connectivity index (χ2v) is 15.6. The molecule has 0 aromatic heterocycles. The van der Waals surface area contributed by atoms with Crippen LogP contribution in [0.2, 0.25) is 0 Å². The maximum atomic E-state index is 11.9. The molecule has 3 heteroatoms. The number of rotatable bonds is 5. The predicted octanol–water partition coefficient (Wildman–Crippen LogP) is 9.05. The highest BCUT2D eigenvalue weighted by atomic mass is 16.5. The molecule has 0 N–H and O–H groups in total. The van der Waals surface area contributed by atoms with E-state index in [1.165, 1.54) is 44.1 Å². The summed E-state index contributed by atoms with van der Waals surface area (Å²) in [5.41, 5.74) is 4.13. The van der Waals surface area contributed by atoms with Crippen molar-refractivity contribution >= 4 is 5.97 Å². The Morgan fingerprint density at radius 3 is 2.29 bits per heavy atom. The largest absolute Gasteiger partial charge is 0.495 e. The Hall–Kier alpha value is -1.51. The first-order chi connectivity index (χ1) is 17.6. The minimum Gasteiger partial charge on any atom is -0.495 e. The number of hydrogen-bond acceptors (Lipinski definition) is 3. The number of hydrogen-bond donors (Lipinski definition) is 0. The summed E-state index contributed by atoms with van der Waals surface area (Å²) in [5, 5.41) is 0. The molecule has 0 heterocycles. The van der Waals surface area contributed by atoms with Gasteiger partial charge in [0.2, 0.25) is 0 Å². The number of carbonyl (C=O) groups is 1. The standard InChI is InChI=1S/C35H54O3/c1-22(2)25-13-18-35(21-37-24(5)36)20-19-33(9)26(30(25)35)11-12-28-32(8)16-15-29(38-23(3)4)31(6,7)27(32)14-17-34(28,33)10/h13,18,22,26-29H,3,11-12,14-17,19-21H2,1-2,4-10H3/t26?,27?,28?,29-,32-,33+,34+,35+/m0/s1. The van der Waals surface area contributed by atoms with Crippen molar-refractivity contribution in [2.24, 2.45) is 50.7 Å². The fourth-order valence-corrected chi connectivity index (χ4v) is 11.2. The van der Waals surface area contributed by atoms with Crippen LogP contribution >= 0.6 is 0 Å². The normalized spacial score (nSPS) is 45.1. The van der Waals surface area contributed by atoms with Gasteiger partial charge >= 0.3 is 5.97 Å². The predicted molar refractivity (Wildman–Crippen MR) is 155 cm³/mol. The molecule has 38 heavy (non-hydrogen) atoms. The van der Waals surface area contributed by atoms with E-state index in [2.05, 4.69) is 67.2 Å². The smallest absolute Gasteiger partial charge is 0.302 e. The van der Waals surface area contributed by atoms with Gasteiger partial charge in [-0.2, -0.15) is 0 Å². The van der Waals surface area contributed by atoms with E-state index < -0.39 is 0 Å². The van der Waals surface area contributed by atoms with Crippen LogP contribution in [0.25, 0.3) is 0 Å². The van der Waals surface area contributed by atoms with Gasteiger partial charge in [0.05, 0.1) is 5.76 Å². The molecule has 5 aliphatic rings. The zero-order chi connectivity index (χ0) is 27.9. The Morgan fingerprint density at radius 2 is 1.66 bits per heavy atom. The van der Waals surface area contributed by atoms with Crippen molar-refractivity contribution in [2.45, 2.75) is 120 Å². The van der Waals surface area contributed by atoms with Crippen molar-refractivity contribution in [3.8, 4) is 0 Å². The van der Waals surface area contributed by atoms with Gasteiger partial charge in [0.15, 0.2) is 0 Å². The summed E-state index contributed by atoms with van der Waals surface area (Å²) in [7, 11) is 0. The lowest BCUT2D eigenvalue weighted by Gasteiger charge is -2.72. The Bertz CT molecular complexity index is 1060. The third-order valence-corrected chi connectivity index (χ3v) is 13.2. The highest BCUT2D eigenvalue weighted by Gasteiger charge is 2.69. The summed E-state index contributed by atoms with van der Waals surface area (Å²) >= 11 is 0. The molecule has 4 fully saturated rings. The van der Waals surface area contributed by atoms with Gasteiger partial charge in [-0.25, -0.2) is 0 Å². The summed E-state index contributed by atoms with van der Waals surface area (Å²) < 4.78 is 12.1. The van der Waals surface area contributed by atoms with Crippen LogP contribution in [0.15, 0.2) is 35.6 Å². The SMILES string of the molecule is C=C(C)O[C@H]1CC[C@@]2(C)C(CC[C@]3(C)C2CCC2C4=C(C(C)C)C=C[C@]4(COC(C)=O)CC[C@]23C)C1(C)C. The van der Waals surface area contributed by atoms with Crippen LogP contribution in [-0.4, -0.2) is 18.7 Å². The van der Waals surface area contributed by atoms with Crippen molar-refractivity contribution in [3.63, 3.8) is 0 Å². The summed E-state index contributed by atoms with van der Waals surface area (Å²) in [4.78, 5) is 11.9. The Morgan fingerprint density at radius 1 is 0.947 bits per heavy atom. The summed E-state index contributed by atoms with van der Waals surface area (Å²) in [6.07, 6.45) is 15.0. The first kappa shape index (κ1) is 28.0. The average molecular weight is 523 g/mol. The van der Waals surface area contributed by atoms with Gasteiger partial charge in [-0.05, 0) is 109 Å². The van der Waals surface area contributed by atoms with E-state index in [-0.39, 0.29) is 28.3 Å². The monoisotopic (exact) mass is 522 g/mol. The zero-order valence-electron chi connectivity index (χ0n) is 25.8. The fourth-order valence-electron chi connectivity index (χ4n) is 11.2. The lowest BCUT2D eigenvalue weighted by atomic mass is 9.33. The van der Waals surface area contributed by atoms with Crippen molar-refractivity contribution < 1.29 is 14.3 Å². The van der Waals surface area contributed by atoms with Crippen molar-refractivity contribution in [1.29, 1.82) is 0 Å². The van der Waals surface area contributed by atoms with E-state index in [1.807, 2.05) is 6.92 Å². The van der Waals surface area contributed by atoms with Gasteiger partial charge < -0.3 is 9.47 Å². The van der Waals surface area contributed by atoms with E-state index in [0.29, 0.717) is 35.2 Å². The number of allylic oxidation sites excluding steroid dienone is 3. The molecule has 4 saturated carbocycles. The molecule has 0 aromatic rings. The van der Waals surface area contributed by atoms with Crippen LogP contribution in [0.4, 0.5) is 0 Å². The minimum atomic E-state index is -0.158. The van der Waals surface area contributed by atoms with E-state index in [1.54, 1.807) is 12.5 Å². The number of ether oxygens (including phenoxy) is 2. The molecule has 5 aliphatic carbocycles. The number of esters is 1. The molecule has 0 amide bonds. The van der Waals surface area contributed by atoms with E-state index in [0.717, 1.165) is 24.5 Å². The first-order valence-corrected chi connectivity index (χ1v) is 15.5. The van der Waals surface area contributed by atoms with Gasteiger partial charge in [0.1, 0.15) is 12.7 Å². The van der Waals surface area contributed by atoms with Gasteiger partial charge in [-0.1, -0.05) is 67.2 Å². The molecule has 3 unspecified atom stereocenters. The topological polar surface area (TPSA) is 35.5 Å². The molecule has 8 atom stereocenters. The summed E-state index contributed by atoms with van der Waals surface area (Å²) in [6.45, 7) is 25.8. The highest BCUT2D eigenvalue weighted by Crippen LogP contribution is 2.76. The van der Waals surface area contributed by atoms with Crippen LogP contribution < -0.4 is 0 Å². The van der Waals surface area contributed by atoms with Gasteiger partial charge in [-0.15, -0.1) is 0 Å². The molecule has 212 valence electrons. The molecule has 3 nitrogen and oxygen atoms in total. The first-order valence-electron chi connectivity index (χ1n) is 15.5. The van der Waals surface area contributed by atoms with E-state index in [4.69, 9.17) is 9.47 Å². The molecular weight excluding hydrogens is 468 g/mol. The lowest BCUT2D eigenvalue weighted by Crippen LogP contribution is -2.65. The van der Waals surface area contributed by atoms with Crippen LogP contribution in [0, 0.1) is 50.7 Å². The molecule has 0 saturated heterocycles. The third kappa shape index (κ3) is 3.76. The third-order valence-electron chi connectivity index (χ3n) is 13.2. The van der Waals surface area contributed by atoms with Crippen molar-refractivity contribution in [2.75, 3.05) is 6.61 Å². The number of carbonyl (C=O) groups excluding carboxylic acids is 1. The average Bonchev–Trinajstić information content (AvgIpc) is 3.20. The summed E-state index contributed by atoms with van der Waals surface area (Å²) in [5.74, 6) is 3.17. The van der Waals surface area contributed by atoms with Gasteiger partial charge in [0, 0.05) is 17.8 Å². The minimum absolute atomic E-state index is 0.0975. The Labute approximate surface area is 232 Å².